The van der Waals surface area contributed by atoms with E-state index in [0.29, 0.717) is 11.5 Å². The molecule has 190 valence electrons. The van der Waals surface area contributed by atoms with Crippen LogP contribution >= 0.6 is 0 Å². The summed E-state index contributed by atoms with van der Waals surface area (Å²) in [6.07, 6.45) is 0. The molecule has 0 bridgehead atoms. The van der Waals surface area contributed by atoms with Crippen molar-refractivity contribution in [1.29, 1.82) is 0 Å². The molecule has 0 aliphatic carbocycles. The maximum absolute atomic E-state index is 13.7. The van der Waals surface area contributed by atoms with Crippen LogP contribution in [0.25, 0.3) is 0 Å². The maximum atomic E-state index is 13.7. The number of nitrogens with zero attached hydrogens (tertiary/aromatic N) is 1. The van der Waals surface area contributed by atoms with Gasteiger partial charge in [-0.25, -0.2) is 13.2 Å². The van der Waals surface area contributed by atoms with Crippen LogP contribution in [0.3, 0.4) is 0 Å². The summed E-state index contributed by atoms with van der Waals surface area (Å²) >= 11 is 0. The van der Waals surface area contributed by atoms with Crippen molar-refractivity contribution in [3.63, 3.8) is 0 Å². The molecule has 1 amide bonds. The summed E-state index contributed by atoms with van der Waals surface area (Å²) in [5.74, 6) is -0.241. The first-order valence-electron chi connectivity index (χ1n) is 10.6. The number of hydrogen-bond acceptors (Lipinski definition) is 8. The number of amides is 1. The number of esters is 1. The summed E-state index contributed by atoms with van der Waals surface area (Å²) in [6, 6.07) is 16.6. The van der Waals surface area contributed by atoms with E-state index in [-0.39, 0.29) is 27.6 Å². The van der Waals surface area contributed by atoms with Crippen LogP contribution in [0.2, 0.25) is 0 Å². The normalized spacial score (nSPS) is 10.8. The van der Waals surface area contributed by atoms with Gasteiger partial charge in [0.25, 0.3) is 10.0 Å². The van der Waals surface area contributed by atoms with Crippen molar-refractivity contribution >= 4 is 33.3 Å². The molecule has 36 heavy (non-hydrogen) atoms. The van der Waals surface area contributed by atoms with Crippen LogP contribution < -0.4 is 23.8 Å². The molecule has 0 radical (unpaired) electrons. The summed E-state index contributed by atoms with van der Waals surface area (Å²) < 4.78 is 48.7. The second kappa shape index (κ2) is 11.5. The van der Waals surface area contributed by atoms with E-state index in [4.69, 9.17) is 18.9 Å². The van der Waals surface area contributed by atoms with Crippen LogP contribution in [0.4, 0.5) is 11.4 Å². The van der Waals surface area contributed by atoms with E-state index in [2.05, 4.69) is 5.32 Å². The number of anilines is 2. The Morgan fingerprint density at radius 3 is 2.11 bits per heavy atom. The summed E-state index contributed by atoms with van der Waals surface area (Å²) in [7, 11) is 1.29. The highest BCUT2D eigenvalue weighted by Crippen LogP contribution is 2.32. The van der Waals surface area contributed by atoms with Crippen LogP contribution in [0.15, 0.2) is 71.6 Å². The molecule has 0 aliphatic rings. The third-order valence-electron chi connectivity index (χ3n) is 5.20. The Morgan fingerprint density at radius 1 is 0.833 bits per heavy atom. The lowest BCUT2D eigenvalue weighted by Gasteiger charge is -2.25. The van der Waals surface area contributed by atoms with Crippen molar-refractivity contribution in [2.24, 2.45) is 0 Å². The van der Waals surface area contributed by atoms with Crippen LogP contribution in [0.1, 0.15) is 10.4 Å². The van der Waals surface area contributed by atoms with Crippen molar-refractivity contribution in [3.8, 4) is 17.2 Å². The fourth-order valence-electron chi connectivity index (χ4n) is 3.37. The van der Waals surface area contributed by atoms with Gasteiger partial charge in [-0.2, -0.15) is 0 Å². The molecule has 3 rings (SSSR count). The van der Waals surface area contributed by atoms with E-state index in [1.165, 1.54) is 70.9 Å². The molecular weight excluding hydrogens is 488 g/mol. The minimum Gasteiger partial charge on any atom is -0.497 e. The van der Waals surface area contributed by atoms with E-state index in [1.54, 1.807) is 24.3 Å². The zero-order valence-electron chi connectivity index (χ0n) is 20.2. The molecule has 0 spiro atoms. The lowest BCUT2D eigenvalue weighted by molar-refractivity contribution is -0.114. The molecule has 0 unspecified atom stereocenters. The third-order valence-corrected chi connectivity index (χ3v) is 6.97. The molecule has 0 heterocycles. The average molecular weight is 515 g/mol. The predicted octanol–water partition coefficient (Wildman–Crippen LogP) is 3.33. The van der Waals surface area contributed by atoms with Crippen LogP contribution in [-0.4, -0.2) is 55.3 Å². The monoisotopic (exact) mass is 514 g/mol. The topological polar surface area (TPSA) is 120 Å². The Labute approximate surface area is 209 Å². The highest BCUT2D eigenvalue weighted by atomic mass is 32.2. The standard InChI is InChI=1S/C25H26N2O8S/c1-32-18-11-9-17(10-12-18)27(36(30,31)19-13-14-22(33-2)23(15-19)34-3)16-24(28)26-21-8-6-5-7-20(21)25(29)35-4/h5-15H,16H2,1-4H3,(H,26,28). The molecule has 0 aliphatic heterocycles. The molecule has 10 nitrogen and oxygen atoms in total. The minimum absolute atomic E-state index is 0.112. The van der Waals surface area contributed by atoms with E-state index in [9.17, 15) is 18.0 Å². The van der Waals surface area contributed by atoms with Gasteiger partial charge in [-0.05, 0) is 48.5 Å². The Balaban J connectivity index is 2.01. The van der Waals surface area contributed by atoms with Gasteiger partial charge in [0.05, 0.1) is 50.3 Å². The SMILES string of the molecule is COC(=O)c1ccccc1NC(=O)CN(c1ccc(OC)cc1)S(=O)(=O)c1ccc(OC)c(OC)c1. The summed E-state index contributed by atoms with van der Waals surface area (Å²) in [6.45, 7) is -0.585. The zero-order chi connectivity index (χ0) is 26.3. The molecule has 1 N–H and O–H groups in total. The van der Waals surface area contributed by atoms with Gasteiger partial charge in [0, 0.05) is 6.07 Å². The number of carbonyl (C=O) groups is 2. The summed E-state index contributed by atoms with van der Waals surface area (Å²) in [5.41, 5.74) is 0.543. The highest BCUT2D eigenvalue weighted by molar-refractivity contribution is 7.92. The molecule has 0 fully saturated rings. The number of methoxy groups -OCH3 is 4. The van der Waals surface area contributed by atoms with Gasteiger partial charge in [-0.15, -0.1) is 0 Å². The molecule has 0 atom stereocenters. The van der Waals surface area contributed by atoms with Crippen LogP contribution in [0, 0.1) is 0 Å². The summed E-state index contributed by atoms with van der Waals surface area (Å²) in [5, 5.41) is 2.60. The molecule has 3 aromatic carbocycles. The zero-order valence-corrected chi connectivity index (χ0v) is 21.0. The number of para-hydroxylation sites is 1. The fourth-order valence-corrected chi connectivity index (χ4v) is 4.80. The van der Waals surface area contributed by atoms with Gasteiger partial charge in [-0.3, -0.25) is 9.10 Å². The Hall–Kier alpha value is -4.25. The van der Waals surface area contributed by atoms with Crippen molar-refractivity contribution in [3.05, 3.63) is 72.3 Å². The van der Waals surface area contributed by atoms with Crippen molar-refractivity contribution in [1.82, 2.24) is 0 Å². The average Bonchev–Trinajstić information content (AvgIpc) is 2.91. The van der Waals surface area contributed by atoms with Crippen molar-refractivity contribution in [2.75, 3.05) is 44.6 Å². The number of benzene rings is 3. The molecule has 11 heteroatoms. The van der Waals surface area contributed by atoms with Gasteiger partial charge in [-0.1, -0.05) is 12.1 Å². The number of ether oxygens (including phenoxy) is 4. The van der Waals surface area contributed by atoms with Gasteiger partial charge >= 0.3 is 5.97 Å². The molecular formula is C25H26N2O8S. The summed E-state index contributed by atoms with van der Waals surface area (Å²) in [4.78, 5) is 25.0. The largest absolute Gasteiger partial charge is 0.497 e. The molecule has 3 aromatic rings. The molecule has 0 saturated carbocycles. The smallest absolute Gasteiger partial charge is 0.339 e. The van der Waals surface area contributed by atoms with Gasteiger partial charge < -0.3 is 24.3 Å². The third kappa shape index (κ3) is 5.69. The number of rotatable bonds is 10. The van der Waals surface area contributed by atoms with Crippen molar-refractivity contribution in [2.45, 2.75) is 4.90 Å². The molecule has 0 saturated heterocycles. The van der Waals surface area contributed by atoms with Gasteiger partial charge in [0.1, 0.15) is 12.3 Å². The number of hydrogen-bond donors (Lipinski definition) is 1. The molecule has 0 aromatic heterocycles. The lowest BCUT2D eigenvalue weighted by atomic mass is 10.2. The fraction of sp³-hybridized carbons (Fsp3) is 0.200. The van der Waals surface area contributed by atoms with Gasteiger partial charge in [0.15, 0.2) is 11.5 Å². The lowest BCUT2D eigenvalue weighted by Crippen LogP contribution is -2.38. The Morgan fingerprint density at radius 2 is 1.50 bits per heavy atom. The first kappa shape index (κ1) is 26.4. The van der Waals surface area contributed by atoms with Crippen molar-refractivity contribution < 1.29 is 37.0 Å². The van der Waals surface area contributed by atoms with E-state index < -0.39 is 28.4 Å². The first-order chi connectivity index (χ1) is 17.2. The number of sulfonamides is 1. The van der Waals surface area contributed by atoms with Crippen LogP contribution in [-0.2, 0) is 19.6 Å². The highest BCUT2D eigenvalue weighted by Gasteiger charge is 2.29. The van der Waals surface area contributed by atoms with Crippen LogP contribution in [0.5, 0.6) is 17.2 Å². The first-order valence-corrected chi connectivity index (χ1v) is 12.0. The quantitative estimate of drug-likeness (QED) is 0.409. The Kier molecular flexibility index (Phi) is 8.38. The van der Waals surface area contributed by atoms with Gasteiger partial charge in [0.2, 0.25) is 5.91 Å². The maximum Gasteiger partial charge on any atom is 0.339 e. The number of carbonyl (C=O) groups excluding carboxylic acids is 2. The van der Waals surface area contributed by atoms with E-state index in [0.717, 1.165) is 4.31 Å². The number of nitrogens with one attached hydrogen (secondary N) is 1. The van der Waals surface area contributed by atoms with E-state index in [1.807, 2.05) is 0 Å². The second-order valence-electron chi connectivity index (χ2n) is 7.31. The van der Waals surface area contributed by atoms with E-state index >= 15 is 0 Å². The second-order valence-corrected chi connectivity index (χ2v) is 9.17. The Bertz CT molecular complexity index is 1340. The minimum atomic E-state index is -4.25. The predicted molar refractivity (Wildman–Crippen MR) is 133 cm³/mol.